The predicted octanol–water partition coefficient (Wildman–Crippen LogP) is 3.37. The van der Waals surface area contributed by atoms with Crippen LogP contribution in [0.4, 0.5) is 5.82 Å². The molecule has 7 heterocycles. The number of aromatic amines is 2. The first-order valence-electron chi connectivity index (χ1n) is 10.9. The maximum Gasteiger partial charge on any atom is 0.181 e. The fourth-order valence-corrected chi connectivity index (χ4v) is 4.43. The molecule has 10 heteroatoms. The van der Waals surface area contributed by atoms with E-state index in [0.29, 0.717) is 5.65 Å². The van der Waals surface area contributed by atoms with Crippen molar-refractivity contribution in [3.8, 4) is 33.8 Å². The van der Waals surface area contributed by atoms with E-state index in [4.69, 9.17) is 15.1 Å². The number of hydrogen-bond donors (Lipinski definition) is 3. The summed E-state index contributed by atoms with van der Waals surface area (Å²) < 4.78 is 5.27. The summed E-state index contributed by atoms with van der Waals surface area (Å²) in [5.41, 5.74) is 12.8. The molecular weight excluding hydrogens is 430 g/mol. The molecule has 6 aromatic rings. The van der Waals surface area contributed by atoms with Crippen molar-refractivity contribution in [3.63, 3.8) is 0 Å². The van der Waals surface area contributed by atoms with Gasteiger partial charge in [0.05, 0.1) is 53.7 Å². The Labute approximate surface area is 192 Å². The number of nitrogens with two attached hydrogens (primary N) is 1. The molecule has 1 saturated heterocycles. The lowest BCUT2D eigenvalue weighted by Crippen LogP contribution is -2.56. The van der Waals surface area contributed by atoms with Gasteiger partial charge in [-0.1, -0.05) is 0 Å². The van der Waals surface area contributed by atoms with Gasteiger partial charge in [-0.05, 0) is 18.2 Å². The van der Waals surface area contributed by atoms with E-state index in [9.17, 15) is 0 Å². The largest absolute Gasteiger partial charge is 0.472 e. The number of nitrogens with one attached hydrogen (secondary N) is 2. The number of nitrogens with zero attached hydrogens (tertiary/aromatic N) is 6. The van der Waals surface area contributed by atoms with Crippen molar-refractivity contribution >= 4 is 27.8 Å². The Morgan fingerprint density at radius 3 is 2.76 bits per heavy atom. The molecular formula is C24H19N9O. The number of hydrogen-bond acceptors (Lipinski definition) is 8. The Morgan fingerprint density at radius 2 is 1.91 bits per heavy atom. The average molecular weight is 449 g/mol. The van der Waals surface area contributed by atoms with Crippen molar-refractivity contribution in [2.75, 3.05) is 18.0 Å². The van der Waals surface area contributed by atoms with Gasteiger partial charge >= 0.3 is 0 Å². The Balaban J connectivity index is 1.31. The second-order valence-electron chi connectivity index (χ2n) is 8.46. The predicted molar refractivity (Wildman–Crippen MR) is 128 cm³/mol. The lowest BCUT2D eigenvalue weighted by molar-refractivity contribution is 0.514. The zero-order valence-corrected chi connectivity index (χ0v) is 17.9. The summed E-state index contributed by atoms with van der Waals surface area (Å²) in [6.07, 6.45) is 12.3. The minimum Gasteiger partial charge on any atom is -0.472 e. The Kier molecular flexibility index (Phi) is 4.02. The lowest BCUT2D eigenvalue weighted by atomic mass is 10.1. The summed E-state index contributed by atoms with van der Waals surface area (Å²) in [5, 5.41) is 9.47. The van der Waals surface area contributed by atoms with Crippen LogP contribution in [0.1, 0.15) is 0 Å². The first kappa shape index (κ1) is 18.9. The molecule has 4 N–H and O–H groups in total. The van der Waals surface area contributed by atoms with Crippen LogP contribution in [0.2, 0.25) is 0 Å². The summed E-state index contributed by atoms with van der Waals surface area (Å²) in [6, 6.07) is 6.25. The summed E-state index contributed by atoms with van der Waals surface area (Å²) >= 11 is 0. The van der Waals surface area contributed by atoms with Crippen molar-refractivity contribution < 1.29 is 4.42 Å². The SMILES string of the molecule is NC1CN(c2cncc(-c3cnc4n[nH]c(-c5cc6c(-c7ccoc7)cncc6[nH]5)c4c3)n2)C1. The zero-order valence-electron chi connectivity index (χ0n) is 17.9. The highest BCUT2D eigenvalue weighted by molar-refractivity contribution is 6.00. The van der Waals surface area contributed by atoms with Crippen LogP contribution < -0.4 is 10.6 Å². The first-order valence-corrected chi connectivity index (χ1v) is 10.9. The van der Waals surface area contributed by atoms with Gasteiger partial charge in [0, 0.05) is 59.0 Å². The summed E-state index contributed by atoms with van der Waals surface area (Å²) in [5.74, 6) is 0.821. The number of rotatable bonds is 4. The van der Waals surface area contributed by atoms with Crippen molar-refractivity contribution in [2.24, 2.45) is 5.73 Å². The minimum absolute atomic E-state index is 0.192. The summed E-state index contributed by atoms with van der Waals surface area (Å²) in [7, 11) is 0. The molecule has 1 aliphatic rings. The van der Waals surface area contributed by atoms with Crippen LogP contribution >= 0.6 is 0 Å². The third kappa shape index (κ3) is 2.96. The maximum absolute atomic E-state index is 5.92. The molecule has 0 spiro atoms. The summed E-state index contributed by atoms with van der Waals surface area (Å²) in [4.78, 5) is 23.7. The van der Waals surface area contributed by atoms with Crippen LogP contribution in [0.5, 0.6) is 0 Å². The van der Waals surface area contributed by atoms with Gasteiger partial charge in [-0.15, -0.1) is 0 Å². The van der Waals surface area contributed by atoms with Crippen molar-refractivity contribution in [3.05, 3.63) is 61.7 Å². The minimum atomic E-state index is 0.192. The van der Waals surface area contributed by atoms with Gasteiger partial charge in [-0.3, -0.25) is 15.1 Å². The zero-order chi connectivity index (χ0) is 22.6. The van der Waals surface area contributed by atoms with Gasteiger partial charge in [-0.2, -0.15) is 5.10 Å². The van der Waals surface area contributed by atoms with Crippen LogP contribution in [0.25, 0.3) is 55.7 Å². The number of pyridine rings is 2. The molecule has 0 atom stereocenters. The molecule has 0 bridgehead atoms. The monoisotopic (exact) mass is 449 g/mol. The van der Waals surface area contributed by atoms with Crippen LogP contribution in [-0.2, 0) is 0 Å². The molecule has 1 aliphatic heterocycles. The molecule has 34 heavy (non-hydrogen) atoms. The summed E-state index contributed by atoms with van der Waals surface area (Å²) in [6.45, 7) is 1.58. The van der Waals surface area contributed by atoms with Crippen molar-refractivity contribution in [1.82, 2.24) is 35.1 Å². The third-order valence-electron chi connectivity index (χ3n) is 6.21. The average Bonchev–Trinajstić information content (AvgIpc) is 3.60. The Hall–Kier alpha value is -4.57. The topological polar surface area (TPSA) is 138 Å². The van der Waals surface area contributed by atoms with Gasteiger partial charge in [0.25, 0.3) is 0 Å². The van der Waals surface area contributed by atoms with Crippen LogP contribution in [-0.4, -0.2) is 54.2 Å². The molecule has 166 valence electrons. The van der Waals surface area contributed by atoms with Gasteiger partial charge in [0.1, 0.15) is 5.82 Å². The van der Waals surface area contributed by atoms with Crippen LogP contribution in [0, 0.1) is 0 Å². The van der Waals surface area contributed by atoms with E-state index in [2.05, 4.69) is 41.1 Å². The van der Waals surface area contributed by atoms with E-state index >= 15 is 0 Å². The number of furan rings is 1. The fourth-order valence-electron chi connectivity index (χ4n) is 4.43. The molecule has 7 rings (SSSR count). The standard InChI is InChI=1S/C24H19N9O/c25-15-10-33(11-15)22-9-27-7-20(30-22)14-3-17-23(31-32-24(17)28-5-14)19-4-16-18(13-1-2-34-12-13)6-26-8-21(16)29-19/h1-9,12,15,29H,10-11,25H2,(H,28,31,32). The van der Waals surface area contributed by atoms with Crippen LogP contribution in [0.15, 0.2) is 66.1 Å². The smallest absolute Gasteiger partial charge is 0.181 e. The lowest BCUT2D eigenvalue weighted by Gasteiger charge is -2.37. The van der Waals surface area contributed by atoms with Crippen LogP contribution in [0.3, 0.4) is 0 Å². The number of H-pyrrole nitrogens is 2. The van der Waals surface area contributed by atoms with E-state index in [1.807, 2.05) is 24.5 Å². The highest BCUT2D eigenvalue weighted by atomic mass is 16.3. The first-order chi connectivity index (χ1) is 16.7. The fraction of sp³-hybridized carbons (Fsp3) is 0.125. The van der Waals surface area contributed by atoms with E-state index in [-0.39, 0.29) is 6.04 Å². The van der Waals surface area contributed by atoms with E-state index in [1.165, 1.54) is 0 Å². The maximum atomic E-state index is 5.92. The molecule has 0 saturated carbocycles. The second kappa shape index (κ2) is 7.22. The molecule has 0 amide bonds. The highest BCUT2D eigenvalue weighted by Crippen LogP contribution is 2.34. The Morgan fingerprint density at radius 1 is 1.00 bits per heavy atom. The third-order valence-corrected chi connectivity index (χ3v) is 6.21. The van der Waals surface area contributed by atoms with E-state index in [0.717, 1.165) is 69.0 Å². The normalized spacial score (nSPS) is 14.2. The van der Waals surface area contributed by atoms with Gasteiger partial charge in [-0.25, -0.2) is 9.97 Å². The molecule has 0 unspecified atom stereocenters. The van der Waals surface area contributed by atoms with Crippen molar-refractivity contribution in [2.45, 2.75) is 6.04 Å². The Bertz CT molecular complexity index is 1640. The second-order valence-corrected chi connectivity index (χ2v) is 8.46. The molecule has 0 aliphatic carbocycles. The molecule has 6 aromatic heterocycles. The van der Waals surface area contributed by atoms with Crippen molar-refractivity contribution in [1.29, 1.82) is 0 Å². The van der Waals surface area contributed by atoms with E-state index in [1.54, 1.807) is 31.1 Å². The number of aromatic nitrogens is 7. The molecule has 1 fully saturated rings. The van der Waals surface area contributed by atoms with E-state index < -0.39 is 0 Å². The quantitative estimate of drug-likeness (QED) is 0.372. The van der Waals surface area contributed by atoms with Gasteiger partial charge in [0.15, 0.2) is 5.65 Å². The number of fused-ring (bicyclic) bond motifs is 2. The molecule has 10 nitrogen and oxygen atoms in total. The molecule has 0 aromatic carbocycles. The highest BCUT2D eigenvalue weighted by Gasteiger charge is 2.24. The van der Waals surface area contributed by atoms with Gasteiger partial charge < -0.3 is 20.0 Å². The number of anilines is 1. The van der Waals surface area contributed by atoms with Gasteiger partial charge in [0.2, 0.25) is 0 Å². The molecule has 0 radical (unpaired) electrons.